The van der Waals surface area contributed by atoms with Gasteiger partial charge >= 0.3 is 12.1 Å². The van der Waals surface area contributed by atoms with Crippen LogP contribution in [0.2, 0.25) is 0 Å². The van der Waals surface area contributed by atoms with E-state index >= 15 is 0 Å². The Kier molecular flexibility index (Phi) is 2.65. The summed E-state index contributed by atoms with van der Waals surface area (Å²) in [5, 5.41) is 2.25. The molecule has 1 saturated heterocycles. The summed E-state index contributed by atoms with van der Waals surface area (Å²) < 4.78 is 22.8. The average Bonchev–Trinajstić information content (AvgIpc) is 2.45. The molecule has 0 radical (unpaired) electrons. The van der Waals surface area contributed by atoms with Gasteiger partial charge in [0.2, 0.25) is 10.0 Å². The molecule has 0 spiro atoms. The fourth-order valence-electron chi connectivity index (χ4n) is 1.15. The van der Waals surface area contributed by atoms with Crippen molar-refractivity contribution in [2.75, 3.05) is 26.4 Å². The number of hydrogen-bond acceptors (Lipinski definition) is 4. The number of nitrogens with zero attached hydrogens (tertiary/aromatic N) is 2. The van der Waals surface area contributed by atoms with Gasteiger partial charge in [0, 0.05) is 7.05 Å². The van der Waals surface area contributed by atoms with E-state index in [4.69, 9.17) is 0 Å². The number of amides is 4. The van der Waals surface area contributed by atoms with E-state index in [-0.39, 0.29) is 13.1 Å². The number of rotatable bonds is 1. The van der Waals surface area contributed by atoms with E-state index < -0.39 is 22.1 Å². The molecule has 0 aliphatic carbocycles. The number of carbonyl (C=O) groups excluding carboxylic acids is 2. The molecule has 1 N–H and O–H groups in total. The third-order valence-corrected chi connectivity index (χ3v) is 2.97. The lowest BCUT2D eigenvalue weighted by Crippen LogP contribution is -2.42. The second kappa shape index (κ2) is 3.45. The fourth-order valence-corrected chi connectivity index (χ4v) is 1.94. The van der Waals surface area contributed by atoms with Crippen molar-refractivity contribution in [2.24, 2.45) is 0 Å². The fraction of sp³-hybridized carbons (Fsp3) is 0.667. The van der Waals surface area contributed by atoms with Crippen LogP contribution in [0.4, 0.5) is 9.59 Å². The Balaban J connectivity index is 2.85. The third kappa shape index (κ3) is 1.79. The highest BCUT2D eigenvalue weighted by atomic mass is 32.2. The molecule has 0 unspecified atom stereocenters. The maximum absolute atomic E-state index is 11.4. The third-order valence-electron chi connectivity index (χ3n) is 1.83. The monoisotopic (exact) mass is 221 g/mol. The molecular weight excluding hydrogens is 210 g/mol. The summed E-state index contributed by atoms with van der Waals surface area (Å²) >= 11 is 0. The van der Waals surface area contributed by atoms with Gasteiger partial charge in [-0.15, -0.1) is 0 Å². The van der Waals surface area contributed by atoms with Crippen molar-refractivity contribution in [3.63, 3.8) is 0 Å². The first kappa shape index (κ1) is 10.8. The van der Waals surface area contributed by atoms with Crippen LogP contribution in [-0.4, -0.2) is 56.1 Å². The van der Waals surface area contributed by atoms with Crippen LogP contribution in [0, 0.1) is 0 Å². The Bertz CT molecular complexity index is 363. The van der Waals surface area contributed by atoms with Crippen molar-refractivity contribution in [3.8, 4) is 0 Å². The van der Waals surface area contributed by atoms with Gasteiger partial charge in [0.15, 0.2) is 0 Å². The number of nitrogens with one attached hydrogen (secondary N) is 1. The Labute approximate surface area is 81.7 Å². The number of sulfonamides is 1. The van der Waals surface area contributed by atoms with Gasteiger partial charge in [-0.05, 0) is 0 Å². The summed E-state index contributed by atoms with van der Waals surface area (Å²) in [6.45, 7) is 0.108. The van der Waals surface area contributed by atoms with E-state index in [0.29, 0.717) is 4.31 Å². The topological polar surface area (TPSA) is 86.8 Å². The molecule has 0 aromatic heterocycles. The second-order valence-corrected chi connectivity index (χ2v) is 4.73. The molecule has 1 rings (SSSR count). The van der Waals surface area contributed by atoms with Crippen LogP contribution in [0.3, 0.4) is 0 Å². The van der Waals surface area contributed by atoms with Gasteiger partial charge in [-0.1, -0.05) is 0 Å². The normalized spacial score (nSPS) is 17.4. The first-order valence-corrected chi connectivity index (χ1v) is 5.73. The minimum atomic E-state index is -3.56. The first-order valence-electron chi connectivity index (χ1n) is 3.89. The van der Waals surface area contributed by atoms with Crippen LogP contribution < -0.4 is 5.32 Å². The summed E-state index contributed by atoms with van der Waals surface area (Å²) in [7, 11) is -2.19. The van der Waals surface area contributed by atoms with Crippen LogP contribution in [0.15, 0.2) is 0 Å². The van der Waals surface area contributed by atoms with E-state index in [1.165, 1.54) is 7.05 Å². The summed E-state index contributed by atoms with van der Waals surface area (Å²) in [4.78, 5) is 23.3. The standard InChI is InChI=1S/C6H11N3O4S/c1-7-5(10)8-3-4-9(6(8)11)14(2,12)13/h3-4H2,1-2H3,(H,7,10). The van der Waals surface area contributed by atoms with Gasteiger partial charge in [0.05, 0.1) is 19.3 Å². The molecule has 8 heteroatoms. The molecule has 4 amide bonds. The van der Waals surface area contributed by atoms with Crippen molar-refractivity contribution < 1.29 is 18.0 Å². The van der Waals surface area contributed by atoms with Gasteiger partial charge in [0.25, 0.3) is 0 Å². The van der Waals surface area contributed by atoms with Crippen LogP contribution in [0.5, 0.6) is 0 Å². The highest BCUT2D eigenvalue weighted by Gasteiger charge is 2.37. The van der Waals surface area contributed by atoms with Crippen molar-refractivity contribution >= 4 is 22.1 Å². The molecule has 0 aromatic rings. The number of carbonyl (C=O) groups is 2. The zero-order chi connectivity index (χ0) is 10.9. The van der Waals surface area contributed by atoms with E-state index in [1.54, 1.807) is 0 Å². The van der Waals surface area contributed by atoms with Gasteiger partial charge in [-0.25, -0.2) is 27.2 Å². The highest BCUT2D eigenvalue weighted by Crippen LogP contribution is 2.12. The SMILES string of the molecule is CNC(=O)N1CCN(S(C)(=O)=O)C1=O. The molecule has 14 heavy (non-hydrogen) atoms. The van der Waals surface area contributed by atoms with Gasteiger partial charge in [0.1, 0.15) is 0 Å². The highest BCUT2D eigenvalue weighted by molar-refractivity contribution is 7.88. The lowest BCUT2D eigenvalue weighted by atomic mass is 10.6. The molecule has 0 bridgehead atoms. The number of imide groups is 1. The second-order valence-electron chi connectivity index (χ2n) is 2.82. The molecule has 80 valence electrons. The van der Waals surface area contributed by atoms with E-state index in [0.717, 1.165) is 11.2 Å². The van der Waals surface area contributed by atoms with Crippen molar-refractivity contribution in [1.29, 1.82) is 0 Å². The summed E-state index contributed by atoms with van der Waals surface area (Å²) in [5.74, 6) is 0. The number of hydrogen-bond donors (Lipinski definition) is 1. The lowest BCUT2D eigenvalue weighted by Gasteiger charge is -2.14. The Hall–Kier alpha value is -1.31. The zero-order valence-electron chi connectivity index (χ0n) is 7.85. The lowest BCUT2D eigenvalue weighted by molar-refractivity contribution is 0.195. The van der Waals surface area contributed by atoms with Crippen LogP contribution in [-0.2, 0) is 10.0 Å². The van der Waals surface area contributed by atoms with E-state index in [9.17, 15) is 18.0 Å². The van der Waals surface area contributed by atoms with Crippen molar-refractivity contribution in [1.82, 2.24) is 14.5 Å². The first-order chi connectivity index (χ1) is 6.38. The minimum absolute atomic E-state index is 0.0189. The molecule has 1 fully saturated rings. The predicted octanol–water partition coefficient (Wildman–Crippen LogP) is -0.977. The number of urea groups is 2. The minimum Gasteiger partial charge on any atom is -0.341 e. The largest absolute Gasteiger partial charge is 0.341 e. The molecule has 0 saturated carbocycles. The van der Waals surface area contributed by atoms with Crippen molar-refractivity contribution in [3.05, 3.63) is 0 Å². The maximum atomic E-state index is 11.4. The average molecular weight is 221 g/mol. The predicted molar refractivity (Wildman–Crippen MR) is 48.1 cm³/mol. The van der Waals surface area contributed by atoms with Gasteiger partial charge < -0.3 is 5.32 Å². The molecule has 0 atom stereocenters. The van der Waals surface area contributed by atoms with Crippen molar-refractivity contribution in [2.45, 2.75) is 0 Å². The van der Waals surface area contributed by atoms with Gasteiger partial charge in [-0.3, -0.25) is 0 Å². The Morgan fingerprint density at radius 3 is 2.36 bits per heavy atom. The molecular formula is C6H11N3O4S. The van der Waals surface area contributed by atoms with Gasteiger partial charge in [-0.2, -0.15) is 0 Å². The molecule has 1 heterocycles. The smallest absolute Gasteiger partial charge is 0.341 e. The summed E-state index contributed by atoms with van der Waals surface area (Å²) in [6.07, 6.45) is 0.929. The van der Waals surface area contributed by atoms with Crippen LogP contribution in [0.1, 0.15) is 0 Å². The zero-order valence-corrected chi connectivity index (χ0v) is 8.67. The summed E-state index contributed by atoms with van der Waals surface area (Å²) in [6, 6.07) is -1.40. The van der Waals surface area contributed by atoms with Crippen LogP contribution >= 0.6 is 0 Å². The molecule has 0 aromatic carbocycles. The van der Waals surface area contributed by atoms with E-state index in [2.05, 4.69) is 5.32 Å². The Morgan fingerprint density at radius 1 is 1.43 bits per heavy atom. The maximum Gasteiger partial charge on any atom is 0.341 e. The van der Waals surface area contributed by atoms with E-state index in [1.807, 2.05) is 0 Å². The molecule has 1 aliphatic heterocycles. The molecule has 1 aliphatic rings. The summed E-state index contributed by atoms with van der Waals surface area (Å²) in [5.41, 5.74) is 0. The van der Waals surface area contributed by atoms with Crippen LogP contribution in [0.25, 0.3) is 0 Å². The molecule has 7 nitrogen and oxygen atoms in total. The quantitative estimate of drug-likeness (QED) is 0.616. The Morgan fingerprint density at radius 2 is 2.00 bits per heavy atom.